The molecule has 7 heteroatoms. The SMILES string of the molecule is Cc1ccc2nc(C)cc(C(=O)N3CCC4(CC3)NC(=O)NC4=O)c2c1. The predicted molar refractivity (Wildman–Crippen MR) is 95.8 cm³/mol. The molecule has 4 amide bonds. The van der Waals surface area contributed by atoms with Crippen LogP contribution in [0.1, 0.15) is 34.5 Å². The van der Waals surface area contributed by atoms with Gasteiger partial charge in [-0.2, -0.15) is 0 Å². The molecular weight excluding hydrogens is 332 g/mol. The van der Waals surface area contributed by atoms with E-state index >= 15 is 0 Å². The van der Waals surface area contributed by atoms with Gasteiger partial charge in [0, 0.05) is 24.2 Å². The largest absolute Gasteiger partial charge is 0.338 e. The lowest BCUT2D eigenvalue weighted by Crippen LogP contribution is -2.55. The zero-order valence-electron chi connectivity index (χ0n) is 14.8. The fourth-order valence-electron chi connectivity index (χ4n) is 3.79. The molecule has 0 unspecified atom stereocenters. The molecule has 2 N–H and O–H groups in total. The van der Waals surface area contributed by atoms with Crippen LogP contribution in [0.2, 0.25) is 0 Å². The lowest BCUT2D eigenvalue weighted by molar-refractivity contribution is -0.125. The number of piperidine rings is 1. The summed E-state index contributed by atoms with van der Waals surface area (Å²) in [6, 6.07) is 7.25. The minimum atomic E-state index is -0.874. The van der Waals surface area contributed by atoms with Crippen molar-refractivity contribution in [3.05, 3.63) is 41.1 Å². The number of amides is 4. The Bertz CT molecular complexity index is 945. The molecule has 2 saturated heterocycles. The highest BCUT2D eigenvalue weighted by Crippen LogP contribution is 2.28. The summed E-state index contributed by atoms with van der Waals surface area (Å²) in [5.74, 6) is -0.360. The van der Waals surface area contributed by atoms with Crippen LogP contribution in [0, 0.1) is 13.8 Å². The van der Waals surface area contributed by atoms with E-state index in [2.05, 4.69) is 15.6 Å². The fraction of sp³-hybridized carbons (Fsp3) is 0.368. The average Bonchev–Trinajstić information content (AvgIpc) is 2.88. The van der Waals surface area contributed by atoms with Gasteiger partial charge in [-0.15, -0.1) is 0 Å². The van der Waals surface area contributed by atoms with E-state index in [0.29, 0.717) is 31.5 Å². The Morgan fingerprint density at radius 2 is 1.88 bits per heavy atom. The van der Waals surface area contributed by atoms with E-state index in [1.165, 1.54) is 0 Å². The summed E-state index contributed by atoms with van der Waals surface area (Å²) >= 11 is 0. The third-order valence-electron chi connectivity index (χ3n) is 5.24. The minimum Gasteiger partial charge on any atom is -0.338 e. The molecular formula is C19H20N4O3. The van der Waals surface area contributed by atoms with Crippen LogP contribution < -0.4 is 10.6 Å². The number of pyridine rings is 1. The van der Waals surface area contributed by atoms with Crippen LogP contribution in [-0.4, -0.2) is 46.4 Å². The number of aromatic nitrogens is 1. The Kier molecular flexibility index (Phi) is 3.68. The lowest BCUT2D eigenvalue weighted by atomic mass is 9.87. The van der Waals surface area contributed by atoms with Crippen LogP contribution in [-0.2, 0) is 4.79 Å². The molecule has 26 heavy (non-hydrogen) atoms. The van der Waals surface area contributed by atoms with E-state index in [1.807, 2.05) is 38.1 Å². The van der Waals surface area contributed by atoms with Crippen molar-refractivity contribution in [3.63, 3.8) is 0 Å². The van der Waals surface area contributed by atoms with Crippen molar-refractivity contribution in [3.8, 4) is 0 Å². The van der Waals surface area contributed by atoms with Crippen LogP contribution in [0.4, 0.5) is 4.79 Å². The number of hydrogen-bond acceptors (Lipinski definition) is 4. The Labute approximate surface area is 150 Å². The number of nitrogens with zero attached hydrogens (tertiary/aromatic N) is 2. The summed E-state index contributed by atoms with van der Waals surface area (Å²) in [5, 5.41) is 5.85. The number of hydrogen-bond donors (Lipinski definition) is 2. The highest BCUT2D eigenvalue weighted by molar-refractivity contribution is 6.08. The second-order valence-corrected chi connectivity index (χ2v) is 7.11. The number of urea groups is 1. The summed E-state index contributed by atoms with van der Waals surface area (Å²) in [7, 11) is 0. The minimum absolute atomic E-state index is 0.0642. The molecule has 2 aromatic rings. The number of aryl methyl sites for hydroxylation is 2. The maximum absolute atomic E-state index is 13.1. The Morgan fingerprint density at radius 1 is 1.15 bits per heavy atom. The molecule has 7 nitrogen and oxygen atoms in total. The molecule has 0 aliphatic carbocycles. The summed E-state index contributed by atoms with van der Waals surface area (Å²) in [6.45, 7) is 4.70. The molecule has 0 radical (unpaired) electrons. The number of benzene rings is 1. The second kappa shape index (κ2) is 5.79. The lowest BCUT2D eigenvalue weighted by Gasteiger charge is -2.37. The van der Waals surface area contributed by atoms with E-state index in [-0.39, 0.29) is 11.8 Å². The van der Waals surface area contributed by atoms with Gasteiger partial charge in [0.05, 0.1) is 11.1 Å². The first kappa shape index (κ1) is 16.5. The average molecular weight is 352 g/mol. The molecule has 1 aromatic heterocycles. The Balaban J connectivity index is 1.62. The standard InChI is InChI=1S/C19H20N4O3/c1-11-3-4-15-13(9-11)14(10-12(2)20-15)16(24)23-7-5-19(6-8-23)17(25)21-18(26)22-19/h3-4,9-10H,5-8H2,1-2H3,(H2,21,22,25,26). The van der Waals surface area contributed by atoms with Crippen molar-refractivity contribution in [2.24, 2.45) is 0 Å². The molecule has 0 atom stereocenters. The van der Waals surface area contributed by atoms with E-state index in [0.717, 1.165) is 22.2 Å². The highest BCUT2D eigenvalue weighted by atomic mass is 16.2. The van der Waals surface area contributed by atoms with Gasteiger partial charge in [-0.3, -0.25) is 19.9 Å². The summed E-state index contributed by atoms with van der Waals surface area (Å²) in [5.41, 5.74) is 2.42. The zero-order chi connectivity index (χ0) is 18.5. The van der Waals surface area contributed by atoms with E-state index in [9.17, 15) is 14.4 Å². The highest BCUT2D eigenvalue weighted by Gasteiger charge is 2.48. The van der Waals surface area contributed by atoms with E-state index < -0.39 is 11.6 Å². The van der Waals surface area contributed by atoms with Gasteiger partial charge < -0.3 is 10.2 Å². The van der Waals surface area contributed by atoms with Crippen molar-refractivity contribution in [2.75, 3.05) is 13.1 Å². The first-order chi connectivity index (χ1) is 12.4. The number of nitrogens with one attached hydrogen (secondary N) is 2. The molecule has 4 rings (SSSR count). The van der Waals surface area contributed by atoms with Gasteiger partial charge in [0.1, 0.15) is 5.54 Å². The topological polar surface area (TPSA) is 91.4 Å². The molecule has 0 bridgehead atoms. The molecule has 0 saturated carbocycles. The smallest absolute Gasteiger partial charge is 0.322 e. The van der Waals surface area contributed by atoms with Crippen molar-refractivity contribution >= 4 is 28.7 Å². The molecule has 2 fully saturated rings. The number of likely N-dealkylation sites (tertiary alicyclic amines) is 1. The zero-order valence-corrected chi connectivity index (χ0v) is 14.8. The van der Waals surface area contributed by atoms with Crippen LogP contribution in [0.3, 0.4) is 0 Å². The van der Waals surface area contributed by atoms with Gasteiger partial charge in [0.2, 0.25) is 0 Å². The van der Waals surface area contributed by atoms with E-state index in [4.69, 9.17) is 0 Å². The van der Waals surface area contributed by atoms with Crippen LogP contribution in [0.25, 0.3) is 10.9 Å². The predicted octanol–water partition coefficient (Wildman–Crippen LogP) is 1.67. The third kappa shape index (κ3) is 2.60. The maximum Gasteiger partial charge on any atom is 0.322 e. The number of rotatable bonds is 1. The molecule has 2 aliphatic heterocycles. The van der Waals surface area contributed by atoms with Crippen LogP contribution in [0.5, 0.6) is 0 Å². The number of carbonyl (C=O) groups is 3. The van der Waals surface area contributed by atoms with Gasteiger partial charge in [-0.25, -0.2) is 4.79 Å². The van der Waals surface area contributed by atoms with Gasteiger partial charge >= 0.3 is 6.03 Å². The normalized spacial score (nSPS) is 18.9. The third-order valence-corrected chi connectivity index (χ3v) is 5.24. The number of fused-ring (bicyclic) bond motifs is 1. The second-order valence-electron chi connectivity index (χ2n) is 7.11. The van der Waals surface area contributed by atoms with Crippen molar-refractivity contribution in [1.29, 1.82) is 0 Å². The molecule has 1 aromatic carbocycles. The maximum atomic E-state index is 13.1. The molecule has 1 spiro atoms. The fourth-order valence-corrected chi connectivity index (χ4v) is 3.79. The van der Waals surface area contributed by atoms with Crippen LogP contribution >= 0.6 is 0 Å². The van der Waals surface area contributed by atoms with Crippen molar-refractivity contribution < 1.29 is 14.4 Å². The Morgan fingerprint density at radius 3 is 2.54 bits per heavy atom. The molecule has 2 aliphatic rings. The van der Waals surface area contributed by atoms with E-state index in [1.54, 1.807) is 4.90 Å². The van der Waals surface area contributed by atoms with Gasteiger partial charge in [0.15, 0.2) is 0 Å². The number of carbonyl (C=O) groups excluding carboxylic acids is 3. The van der Waals surface area contributed by atoms with Crippen LogP contribution in [0.15, 0.2) is 24.3 Å². The molecule has 3 heterocycles. The van der Waals surface area contributed by atoms with Crippen molar-refractivity contribution in [2.45, 2.75) is 32.2 Å². The van der Waals surface area contributed by atoms with Crippen molar-refractivity contribution in [1.82, 2.24) is 20.5 Å². The summed E-state index contributed by atoms with van der Waals surface area (Å²) < 4.78 is 0. The quantitative estimate of drug-likeness (QED) is 0.764. The first-order valence-electron chi connectivity index (χ1n) is 8.69. The van der Waals surface area contributed by atoms with Gasteiger partial charge in [-0.1, -0.05) is 11.6 Å². The summed E-state index contributed by atoms with van der Waals surface area (Å²) in [4.78, 5) is 42.9. The Hall–Kier alpha value is -2.96. The molecule has 134 valence electrons. The van der Waals surface area contributed by atoms with Gasteiger partial charge in [0.25, 0.3) is 11.8 Å². The first-order valence-corrected chi connectivity index (χ1v) is 8.69. The monoisotopic (exact) mass is 352 g/mol. The number of imide groups is 1. The summed E-state index contributed by atoms with van der Waals surface area (Å²) in [6.07, 6.45) is 0.828. The van der Waals surface area contributed by atoms with Gasteiger partial charge in [-0.05, 0) is 44.9 Å².